The maximum Gasteiger partial charge on any atom is 0.326 e. The number of thiazole rings is 1. The first-order valence-corrected chi connectivity index (χ1v) is 10.5. The molecule has 0 radical (unpaired) electrons. The number of aromatic nitrogens is 2. The molecule has 154 valence electrons. The lowest BCUT2D eigenvalue weighted by atomic mass is 10.1. The van der Waals surface area contributed by atoms with Crippen LogP contribution in [0.2, 0.25) is 0 Å². The van der Waals surface area contributed by atoms with Gasteiger partial charge in [-0.25, -0.2) is 4.98 Å². The minimum atomic E-state index is -0.672. The number of nitrogens with zero attached hydrogens (tertiary/aromatic N) is 3. The Balaban J connectivity index is 1.73. The summed E-state index contributed by atoms with van der Waals surface area (Å²) in [6, 6.07) is 11.3. The van der Waals surface area contributed by atoms with Crippen LogP contribution in [0.5, 0.6) is 5.75 Å². The molecule has 1 aromatic carbocycles. The predicted octanol–water partition coefficient (Wildman–Crippen LogP) is 3.86. The average Bonchev–Trinajstić information content (AvgIpc) is 3.14. The molecule has 8 heteroatoms. The molecule has 1 amide bonds. The van der Waals surface area contributed by atoms with Gasteiger partial charge in [-0.2, -0.15) is 0 Å². The van der Waals surface area contributed by atoms with E-state index in [9.17, 15) is 9.59 Å². The van der Waals surface area contributed by atoms with Crippen LogP contribution >= 0.6 is 11.3 Å². The van der Waals surface area contributed by atoms with Crippen molar-refractivity contribution < 1.29 is 19.1 Å². The molecule has 1 aliphatic rings. The Bertz CT molecular complexity index is 1100. The zero-order valence-corrected chi connectivity index (χ0v) is 17.7. The van der Waals surface area contributed by atoms with Crippen molar-refractivity contribution in [2.45, 2.75) is 26.9 Å². The Labute approximate surface area is 178 Å². The van der Waals surface area contributed by atoms with Crippen molar-refractivity contribution in [1.29, 1.82) is 0 Å². The highest BCUT2D eigenvalue weighted by Gasteiger charge is 2.33. The molecule has 7 nitrogen and oxygen atoms in total. The first-order chi connectivity index (χ1) is 14.5. The minimum absolute atomic E-state index is 0.161. The maximum absolute atomic E-state index is 12.7. The molecule has 3 aromatic rings. The van der Waals surface area contributed by atoms with Gasteiger partial charge in [-0.1, -0.05) is 6.07 Å². The second kappa shape index (κ2) is 8.23. The van der Waals surface area contributed by atoms with Gasteiger partial charge in [0.2, 0.25) is 0 Å². The summed E-state index contributed by atoms with van der Waals surface area (Å²) < 4.78 is 10.8. The van der Waals surface area contributed by atoms with Crippen molar-refractivity contribution in [3.8, 4) is 27.7 Å². The normalized spacial score (nSPS) is 15.5. The molecule has 0 N–H and O–H groups in total. The van der Waals surface area contributed by atoms with Crippen LogP contribution in [0.25, 0.3) is 22.0 Å². The van der Waals surface area contributed by atoms with E-state index in [1.807, 2.05) is 43.3 Å². The van der Waals surface area contributed by atoms with Gasteiger partial charge >= 0.3 is 5.97 Å². The number of hydrogen-bond donors (Lipinski definition) is 0. The highest BCUT2D eigenvalue weighted by Crippen LogP contribution is 2.39. The van der Waals surface area contributed by atoms with Crippen LogP contribution < -0.4 is 9.64 Å². The Kier molecular flexibility index (Phi) is 5.50. The van der Waals surface area contributed by atoms with Crippen molar-refractivity contribution in [2.24, 2.45) is 0 Å². The molecule has 2 aromatic heterocycles. The van der Waals surface area contributed by atoms with Crippen LogP contribution in [0.3, 0.4) is 0 Å². The van der Waals surface area contributed by atoms with E-state index in [2.05, 4.69) is 4.98 Å². The van der Waals surface area contributed by atoms with Crippen LogP contribution in [0.15, 0.2) is 42.6 Å². The lowest BCUT2D eigenvalue weighted by Crippen LogP contribution is -2.47. The van der Waals surface area contributed by atoms with E-state index in [1.165, 1.54) is 4.90 Å². The number of carbonyl (C=O) groups is 2. The number of benzene rings is 1. The van der Waals surface area contributed by atoms with Gasteiger partial charge in [0.1, 0.15) is 17.3 Å². The van der Waals surface area contributed by atoms with E-state index >= 15 is 0 Å². The fourth-order valence-corrected chi connectivity index (χ4v) is 4.23. The molecule has 1 atom stereocenters. The van der Waals surface area contributed by atoms with Gasteiger partial charge in [0.05, 0.1) is 23.7 Å². The number of esters is 1. The fourth-order valence-electron chi connectivity index (χ4n) is 3.32. The van der Waals surface area contributed by atoms with E-state index < -0.39 is 12.1 Å². The Morgan fingerprint density at radius 3 is 2.87 bits per heavy atom. The molecule has 1 aliphatic heterocycles. The summed E-state index contributed by atoms with van der Waals surface area (Å²) in [6.45, 7) is 5.50. The van der Waals surface area contributed by atoms with Gasteiger partial charge in [-0.15, -0.1) is 11.3 Å². The lowest BCUT2D eigenvalue weighted by molar-refractivity contribution is -0.143. The van der Waals surface area contributed by atoms with Crippen molar-refractivity contribution in [1.82, 2.24) is 9.97 Å². The third-order valence-corrected chi connectivity index (χ3v) is 5.71. The zero-order valence-electron chi connectivity index (χ0n) is 16.9. The zero-order chi connectivity index (χ0) is 21.3. The van der Waals surface area contributed by atoms with Gasteiger partial charge in [0.25, 0.3) is 5.91 Å². The summed E-state index contributed by atoms with van der Waals surface area (Å²) in [7, 11) is 0. The SMILES string of the molecule is CCOC(=O)CN1C(=O)C(C)Oc2ccc(-c3nc(-c4ccccn4)sc3C)cc21. The fraction of sp³-hybridized carbons (Fsp3) is 0.273. The highest BCUT2D eigenvalue weighted by molar-refractivity contribution is 7.15. The summed E-state index contributed by atoms with van der Waals surface area (Å²) in [5.41, 5.74) is 3.00. The van der Waals surface area contributed by atoms with E-state index in [1.54, 1.807) is 31.4 Å². The topological polar surface area (TPSA) is 81.6 Å². The molecule has 1 unspecified atom stereocenters. The summed E-state index contributed by atoms with van der Waals surface area (Å²) in [4.78, 5) is 36.4. The van der Waals surface area contributed by atoms with Gasteiger partial charge in [-0.3, -0.25) is 19.5 Å². The van der Waals surface area contributed by atoms with Gasteiger partial charge in [0, 0.05) is 16.6 Å². The van der Waals surface area contributed by atoms with Crippen LogP contribution in [0.1, 0.15) is 18.7 Å². The van der Waals surface area contributed by atoms with Crippen LogP contribution in [0.4, 0.5) is 5.69 Å². The summed E-state index contributed by atoms with van der Waals surface area (Å²) in [5.74, 6) is -0.191. The molecule has 0 bridgehead atoms. The monoisotopic (exact) mass is 423 g/mol. The smallest absolute Gasteiger partial charge is 0.326 e. The number of rotatable bonds is 5. The summed E-state index contributed by atoms with van der Waals surface area (Å²) in [5, 5.41) is 0.824. The number of hydrogen-bond acceptors (Lipinski definition) is 7. The molecule has 4 rings (SSSR count). The third kappa shape index (κ3) is 3.78. The molecule has 3 heterocycles. The van der Waals surface area contributed by atoms with Gasteiger partial charge < -0.3 is 9.47 Å². The number of pyridine rings is 1. The van der Waals surface area contributed by atoms with Crippen LogP contribution in [-0.4, -0.2) is 41.1 Å². The molecule has 0 fully saturated rings. The number of carbonyl (C=O) groups excluding carboxylic acids is 2. The van der Waals surface area contributed by atoms with Crippen molar-refractivity contribution in [3.05, 3.63) is 47.5 Å². The molecule has 0 saturated heterocycles. The predicted molar refractivity (Wildman–Crippen MR) is 115 cm³/mol. The average molecular weight is 423 g/mol. The Morgan fingerprint density at radius 2 is 2.13 bits per heavy atom. The third-order valence-electron chi connectivity index (χ3n) is 4.71. The van der Waals surface area contributed by atoms with E-state index in [-0.39, 0.29) is 19.1 Å². The molecular weight excluding hydrogens is 402 g/mol. The first-order valence-electron chi connectivity index (χ1n) is 9.64. The van der Waals surface area contributed by atoms with E-state index in [0.717, 1.165) is 26.8 Å². The van der Waals surface area contributed by atoms with Gasteiger partial charge in [0.15, 0.2) is 6.10 Å². The number of amides is 1. The summed E-state index contributed by atoms with van der Waals surface area (Å²) >= 11 is 1.56. The molecule has 0 saturated carbocycles. The number of aryl methyl sites for hydroxylation is 1. The second-order valence-electron chi connectivity index (χ2n) is 6.81. The second-order valence-corrected chi connectivity index (χ2v) is 8.01. The maximum atomic E-state index is 12.7. The van der Waals surface area contributed by atoms with Crippen molar-refractivity contribution in [2.75, 3.05) is 18.1 Å². The first kappa shape index (κ1) is 20.0. The van der Waals surface area contributed by atoms with Crippen molar-refractivity contribution >= 4 is 28.9 Å². The molecular formula is C22H21N3O4S. The quantitative estimate of drug-likeness (QED) is 0.580. The van der Waals surface area contributed by atoms with Crippen LogP contribution in [0, 0.1) is 6.92 Å². The minimum Gasteiger partial charge on any atom is -0.479 e. The Morgan fingerprint density at radius 1 is 1.30 bits per heavy atom. The highest BCUT2D eigenvalue weighted by atomic mass is 32.1. The number of fused-ring (bicyclic) bond motifs is 1. The van der Waals surface area contributed by atoms with E-state index in [4.69, 9.17) is 14.5 Å². The molecule has 0 spiro atoms. The van der Waals surface area contributed by atoms with E-state index in [0.29, 0.717) is 11.4 Å². The number of ether oxygens (including phenoxy) is 2. The molecule has 30 heavy (non-hydrogen) atoms. The Hall–Kier alpha value is -3.26. The molecule has 0 aliphatic carbocycles. The largest absolute Gasteiger partial charge is 0.479 e. The standard InChI is InChI=1S/C22H21N3O4S/c1-4-28-19(26)12-25-17-11-15(8-9-18(17)29-13(2)22(25)27)20-14(3)30-21(24-20)16-7-5-6-10-23-16/h5-11,13H,4,12H2,1-3H3. The lowest BCUT2D eigenvalue weighted by Gasteiger charge is -2.32. The summed E-state index contributed by atoms with van der Waals surface area (Å²) in [6.07, 6.45) is 1.07. The number of anilines is 1. The van der Waals surface area contributed by atoms with Crippen molar-refractivity contribution in [3.63, 3.8) is 0 Å². The van der Waals surface area contributed by atoms with Gasteiger partial charge in [-0.05, 0) is 51.1 Å². The van der Waals surface area contributed by atoms with Crippen LogP contribution in [-0.2, 0) is 14.3 Å².